The van der Waals surface area contributed by atoms with Crippen LogP contribution in [0.15, 0.2) is 0 Å². The Morgan fingerprint density at radius 2 is 1.74 bits per heavy atom. The van der Waals surface area contributed by atoms with Crippen LogP contribution < -0.4 is 5.73 Å². The van der Waals surface area contributed by atoms with E-state index in [0.29, 0.717) is 0 Å². The molecule has 27 heavy (non-hydrogen) atoms. The molecule has 11 nitrogen and oxygen atoms in total. The van der Waals surface area contributed by atoms with Crippen LogP contribution in [0.25, 0.3) is 0 Å². The van der Waals surface area contributed by atoms with E-state index in [4.69, 9.17) is 20.3 Å². The van der Waals surface area contributed by atoms with E-state index in [1.165, 1.54) is 6.92 Å². The molecule has 0 aromatic heterocycles. The first-order chi connectivity index (χ1) is 12.6. The zero-order chi connectivity index (χ0) is 20.4. The minimum absolute atomic E-state index is 0.0548. The van der Waals surface area contributed by atoms with Gasteiger partial charge in [-0.05, 0) is 6.42 Å². The number of aliphatic hydroxyl groups is 4. The third-order valence-electron chi connectivity index (χ3n) is 4.47. The lowest BCUT2D eigenvalue weighted by molar-refractivity contribution is -0.301. The van der Waals surface area contributed by atoms with Gasteiger partial charge in [0.05, 0.1) is 13.2 Å². The lowest BCUT2D eigenvalue weighted by Gasteiger charge is -2.39. The van der Waals surface area contributed by atoms with Crippen molar-refractivity contribution >= 4 is 11.9 Å². The SMILES string of the molecule is CCC1(N)OC(=O)C(F)(CCCOC2O[C@H](CO)[C@H](O)[C@H](O)[C@H]2O)C(=O)O1. The van der Waals surface area contributed by atoms with Gasteiger partial charge in [0.2, 0.25) is 0 Å². The second-order valence-electron chi connectivity index (χ2n) is 6.42. The fraction of sp³-hybridized carbons (Fsp3) is 0.867. The highest BCUT2D eigenvalue weighted by Crippen LogP contribution is 2.32. The van der Waals surface area contributed by atoms with E-state index in [1.807, 2.05) is 0 Å². The van der Waals surface area contributed by atoms with Gasteiger partial charge in [-0.2, -0.15) is 0 Å². The molecule has 6 N–H and O–H groups in total. The second kappa shape index (κ2) is 8.31. The largest absolute Gasteiger partial charge is 0.406 e. The summed E-state index contributed by atoms with van der Waals surface area (Å²) in [5.41, 5.74) is 2.45. The van der Waals surface area contributed by atoms with Crippen LogP contribution in [0.1, 0.15) is 26.2 Å². The zero-order valence-corrected chi connectivity index (χ0v) is 14.6. The van der Waals surface area contributed by atoms with Gasteiger partial charge in [-0.1, -0.05) is 6.92 Å². The van der Waals surface area contributed by atoms with Gasteiger partial charge in [0.1, 0.15) is 24.4 Å². The number of alkyl halides is 1. The second-order valence-corrected chi connectivity index (χ2v) is 6.42. The van der Waals surface area contributed by atoms with E-state index < -0.39 is 67.3 Å². The molecule has 5 atom stereocenters. The fourth-order valence-corrected chi connectivity index (χ4v) is 2.65. The zero-order valence-electron chi connectivity index (χ0n) is 14.6. The number of carbonyl (C=O) groups excluding carboxylic acids is 2. The van der Waals surface area contributed by atoms with Crippen LogP contribution in [0, 0.1) is 0 Å². The first-order valence-corrected chi connectivity index (χ1v) is 8.44. The molecule has 0 aromatic carbocycles. The van der Waals surface area contributed by atoms with E-state index in [0.717, 1.165) is 0 Å². The maximum atomic E-state index is 14.7. The van der Waals surface area contributed by atoms with Crippen LogP contribution in [0.3, 0.4) is 0 Å². The Balaban J connectivity index is 1.87. The van der Waals surface area contributed by atoms with Crippen LogP contribution >= 0.6 is 0 Å². The number of hydrogen-bond donors (Lipinski definition) is 5. The predicted octanol–water partition coefficient (Wildman–Crippen LogP) is -2.59. The standard InChI is InChI=1S/C15H24FNO10/c1-2-15(17)26-12(22)14(16,13(23)27-15)4-3-5-24-11-10(21)9(20)8(19)7(6-18)25-11/h7-11,18-21H,2-6,17H2,1H3/t7-,8+,9+,10-,11?,14?,15?/m1/s1. The normalized spacial score (nSPS) is 42.6. The Morgan fingerprint density at radius 3 is 2.26 bits per heavy atom. The molecule has 0 aromatic rings. The number of aliphatic hydroxyl groups excluding tert-OH is 4. The summed E-state index contributed by atoms with van der Waals surface area (Å²) in [5, 5.41) is 38.2. The highest BCUT2D eigenvalue weighted by Gasteiger charge is 2.58. The molecule has 0 saturated carbocycles. The van der Waals surface area contributed by atoms with E-state index >= 15 is 0 Å². The number of nitrogens with two attached hydrogens (primary N) is 1. The molecular formula is C15H24FNO10. The minimum Gasteiger partial charge on any atom is -0.406 e. The van der Waals surface area contributed by atoms with Gasteiger partial charge in [0, 0.05) is 12.8 Å². The summed E-state index contributed by atoms with van der Waals surface area (Å²) in [6.07, 6.45) is -8.21. The third-order valence-corrected chi connectivity index (χ3v) is 4.47. The van der Waals surface area contributed by atoms with Crippen molar-refractivity contribution < 1.29 is 53.4 Å². The Morgan fingerprint density at radius 1 is 1.15 bits per heavy atom. The Hall–Kier alpha value is -1.41. The van der Waals surface area contributed by atoms with Crippen LogP contribution in [-0.4, -0.2) is 87.9 Å². The van der Waals surface area contributed by atoms with Crippen molar-refractivity contribution in [2.75, 3.05) is 13.2 Å². The van der Waals surface area contributed by atoms with Crippen molar-refractivity contribution in [2.24, 2.45) is 5.73 Å². The molecule has 156 valence electrons. The fourth-order valence-electron chi connectivity index (χ4n) is 2.65. The number of cyclic esters (lactones) is 2. The molecule has 2 aliphatic rings. The maximum Gasteiger partial charge on any atom is 0.360 e. The number of esters is 2. The Kier molecular flexibility index (Phi) is 6.73. The first-order valence-electron chi connectivity index (χ1n) is 8.44. The van der Waals surface area contributed by atoms with Gasteiger partial charge < -0.3 is 39.4 Å². The Labute approximate surface area is 153 Å². The molecule has 2 rings (SSSR count). The van der Waals surface area contributed by atoms with Gasteiger partial charge in [-0.3, -0.25) is 5.73 Å². The van der Waals surface area contributed by atoms with Crippen molar-refractivity contribution in [1.82, 2.24) is 0 Å². The average molecular weight is 397 g/mol. The summed E-state index contributed by atoms with van der Waals surface area (Å²) in [7, 11) is 0. The van der Waals surface area contributed by atoms with Crippen molar-refractivity contribution in [1.29, 1.82) is 0 Å². The molecule has 1 unspecified atom stereocenters. The molecule has 2 saturated heterocycles. The highest BCUT2D eigenvalue weighted by molar-refractivity contribution is 6.04. The predicted molar refractivity (Wildman–Crippen MR) is 82.2 cm³/mol. The van der Waals surface area contributed by atoms with Crippen LogP contribution in [0.2, 0.25) is 0 Å². The van der Waals surface area contributed by atoms with E-state index in [9.17, 15) is 29.3 Å². The summed E-state index contributed by atoms with van der Waals surface area (Å²) >= 11 is 0. The quantitative estimate of drug-likeness (QED) is 0.173. The minimum atomic E-state index is -3.04. The molecular weight excluding hydrogens is 373 g/mol. The van der Waals surface area contributed by atoms with E-state index in [-0.39, 0.29) is 19.4 Å². The molecule has 0 aliphatic carbocycles. The van der Waals surface area contributed by atoms with Gasteiger partial charge >= 0.3 is 23.5 Å². The lowest BCUT2D eigenvalue weighted by Crippen LogP contribution is -2.62. The van der Waals surface area contributed by atoms with Crippen molar-refractivity contribution in [3.8, 4) is 0 Å². The number of halogens is 1. The third kappa shape index (κ3) is 4.37. The molecule has 0 amide bonds. The topological polar surface area (TPSA) is 178 Å². The number of hydrogen-bond acceptors (Lipinski definition) is 11. The van der Waals surface area contributed by atoms with Crippen molar-refractivity contribution in [3.05, 3.63) is 0 Å². The van der Waals surface area contributed by atoms with Crippen molar-refractivity contribution in [2.45, 2.75) is 68.5 Å². The molecule has 0 spiro atoms. The average Bonchev–Trinajstić information content (AvgIpc) is 2.63. The molecule has 12 heteroatoms. The molecule has 0 radical (unpaired) electrons. The summed E-state index contributed by atoms with van der Waals surface area (Å²) in [4.78, 5) is 23.7. The number of ether oxygens (including phenoxy) is 4. The molecule has 2 heterocycles. The van der Waals surface area contributed by atoms with Gasteiger partial charge in [0.25, 0.3) is 0 Å². The van der Waals surface area contributed by atoms with Gasteiger partial charge in [-0.25, -0.2) is 14.0 Å². The number of carbonyl (C=O) groups is 2. The summed E-state index contributed by atoms with van der Waals surface area (Å²) < 4.78 is 34.2. The summed E-state index contributed by atoms with van der Waals surface area (Å²) in [6, 6.07) is 0. The maximum absolute atomic E-state index is 14.7. The lowest BCUT2D eigenvalue weighted by atomic mass is 9.98. The van der Waals surface area contributed by atoms with E-state index in [1.54, 1.807) is 0 Å². The smallest absolute Gasteiger partial charge is 0.360 e. The van der Waals surface area contributed by atoms with Crippen LogP contribution in [0.5, 0.6) is 0 Å². The Bertz CT molecular complexity index is 541. The van der Waals surface area contributed by atoms with Gasteiger partial charge in [-0.15, -0.1) is 0 Å². The van der Waals surface area contributed by atoms with Crippen LogP contribution in [-0.2, 0) is 28.5 Å². The molecule has 2 aliphatic heterocycles. The van der Waals surface area contributed by atoms with Gasteiger partial charge in [0.15, 0.2) is 6.29 Å². The number of rotatable bonds is 7. The van der Waals surface area contributed by atoms with E-state index in [2.05, 4.69) is 9.47 Å². The summed E-state index contributed by atoms with van der Waals surface area (Å²) in [5.74, 6) is -4.93. The van der Waals surface area contributed by atoms with Crippen LogP contribution in [0.4, 0.5) is 4.39 Å². The summed E-state index contributed by atoms with van der Waals surface area (Å²) in [6.45, 7) is 0.574. The van der Waals surface area contributed by atoms with Crippen molar-refractivity contribution in [3.63, 3.8) is 0 Å². The molecule has 2 fully saturated rings. The molecule has 0 bridgehead atoms. The monoisotopic (exact) mass is 397 g/mol. The first kappa shape index (κ1) is 21.9. The highest BCUT2D eigenvalue weighted by atomic mass is 19.1.